The fraction of sp³-hybridized carbons (Fsp3) is 0.400. The molecule has 8 nitrogen and oxygen atoms in total. The first-order valence-electron chi connectivity index (χ1n) is 12.6. The van der Waals surface area contributed by atoms with E-state index in [1.165, 1.54) is 11.6 Å². The number of piperidine rings is 1. The molecule has 8 heteroatoms. The van der Waals surface area contributed by atoms with E-state index in [1.54, 1.807) is 12.1 Å². The van der Waals surface area contributed by atoms with Crippen LogP contribution in [0.15, 0.2) is 42.5 Å². The summed E-state index contributed by atoms with van der Waals surface area (Å²) < 4.78 is 31.6. The molecule has 2 N–H and O–H groups in total. The van der Waals surface area contributed by atoms with E-state index in [-0.39, 0.29) is 24.0 Å². The van der Waals surface area contributed by atoms with E-state index in [0.717, 1.165) is 38.4 Å². The van der Waals surface area contributed by atoms with Gasteiger partial charge in [0.2, 0.25) is 11.8 Å². The zero-order valence-corrected chi connectivity index (χ0v) is 18.2. The molecule has 3 aliphatic rings. The molecular weight excluding hydrogens is 420 g/mol. The number of hydrogen-bond acceptors (Lipinski definition) is 6. The van der Waals surface area contributed by atoms with Gasteiger partial charge in [-0.3, -0.25) is 24.6 Å². The monoisotopic (exact) mass is 451 g/mol. The molecular formula is C25H28N4O4. The van der Waals surface area contributed by atoms with Gasteiger partial charge in [0, 0.05) is 55.9 Å². The van der Waals surface area contributed by atoms with Gasteiger partial charge in [-0.05, 0) is 29.7 Å². The predicted molar refractivity (Wildman–Crippen MR) is 122 cm³/mol. The largest absolute Gasteiger partial charge is 0.381 e. The number of nitrogens with zero attached hydrogens (tertiary/aromatic N) is 2. The van der Waals surface area contributed by atoms with Crippen LogP contribution in [0.4, 0.5) is 5.69 Å². The number of carbonyl (C=O) groups excluding carboxylic acids is 3. The maximum Gasteiger partial charge on any atom is 0.255 e. The molecule has 3 heterocycles. The van der Waals surface area contributed by atoms with Crippen molar-refractivity contribution < 1.29 is 23.2 Å². The number of imide groups is 1. The van der Waals surface area contributed by atoms with E-state index < -0.39 is 30.2 Å². The van der Waals surface area contributed by atoms with Crippen LogP contribution in [0.1, 0.15) is 44.0 Å². The molecule has 2 aromatic rings. The molecule has 3 aliphatic heterocycles. The highest BCUT2D eigenvalue weighted by Crippen LogP contribution is 2.32. The Kier molecular flexibility index (Phi) is 5.15. The second-order valence-corrected chi connectivity index (χ2v) is 8.36. The van der Waals surface area contributed by atoms with E-state index in [2.05, 4.69) is 27.7 Å². The predicted octanol–water partition coefficient (Wildman–Crippen LogP) is 1.89. The van der Waals surface area contributed by atoms with Crippen molar-refractivity contribution in [3.8, 4) is 0 Å². The molecule has 0 radical (unpaired) electrons. The van der Waals surface area contributed by atoms with Gasteiger partial charge in [0.1, 0.15) is 6.02 Å². The Morgan fingerprint density at radius 2 is 1.85 bits per heavy atom. The molecule has 33 heavy (non-hydrogen) atoms. The lowest BCUT2D eigenvalue weighted by molar-refractivity contribution is -0.136. The summed E-state index contributed by atoms with van der Waals surface area (Å²) in [5.41, 5.74) is 2.80. The number of amides is 3. The van der Waals surface area contributed by atoms with Gasteiger partial charge in [0.25, 0.3) is 5.91 Å². The summed E-state index contributed by atoms with van der Waals surface area (Å²) in [6.45, 7) is 2.17. The van der Waals surface area contributed by atoms with Crippen LogP contribution >= 0.6 is 0 Å². The minimum absolute atomic E-state index is 0.0928. The fourth-order valence-electron chi connectivity index (χ4n) is 4.27. The van der Waals surface area contributed by atoms with Gasteiger partial charge in [0.05, 0.1) is 17.3 Å². The number of fused-ring (bicyclic) bond motifs is 1. The van der Waals surface area contributed by atoms with Gasteiger partial charge in [-0.15, -0.1) is 0 Å². The smallest absolute Gasteiger partial charge is 0.255 e. The Morgan fingerprint density at radius 3 is 2.61 bits per heavy atom. The quantitative estimate of drug-likeness (QED) is 0.652. The first kappa shape index (κ1) is 18.2. The molecule has 1 atom stereocenters. The normalized spacial score (nSPS) is 26.2. The van der Waals surface area contributed by atoms with E-state index >= 15 is 0 Å². The summed E-state index contributed by atoms with van der Waals surface area (Å²) in [6.07, 6.45) is -0.408. The van der Waals surface area contributed by atoms with Crippen LogP contribution in [-0.4, -0.2) is 59.8 Å². The van der Waals surface area contributed by atoms with Crippen molar-refractivity contribution in [2.24, 2.45) is 0 Å². The maximum absolute atomic E-state index is 13.2. The lowest BCUT2D eigenvalue weighted by Gasteiger charge is -2.29. The molecule has 2 fully saturated rings. The Morgan fingerprint density at radius 1 is 1.09 bits per heavy atom. The second kappa shape index (κ2) is 9.33. The van der Waals surface area contributed by atoms with Crippen molar-refractivity contribution in [2.75, 3.05) is 31.6 Å². The van der Waals surface area contributed by atoms with E-state index in [0.29, 0.717) is 17.1 Å². The van der Waals surface area contributed by atoms with Crippen LogP contribution < -0.4 is 10.6 Å². The highest BCUT2D eigenvalue weighted by molar-refractivity contribution is 6.06. The molecule has 5 rings (SSSR count). The second-order valence-electron chi connectivity index (χ2n) is 8.36. The summed E-state index contributed by atoms with van der Waals surface area (Å²) in [5.74, 6) is -2.27. The topological polar surface area (TPSA) is 91.0 Å². The lowest BCUT2D eigenvalue weighted by atomic mass is 10.0. The van der Waals surface area contributed by atoms with Crippen LogP contribution in [0, 0.1) is 0 Å². The molecule has 0 aliphatic carbocycles. The van der Waals surface area contributed by atoms with E-state index in [9.17, 15) is 14.4 Å². The van der Waals surface area contributed by atoms with Crippen molar-refractivity contribution >= 4 is 23.4 Å². The van der Waals surface area contributed by atoms with Crippen LogP contribution in [-0.2, 0) is 33.9 Å². The van der Waals surface area contributed by atoms with Crippen LogP contribution in [0.2, 0.25) is 0 Å². The molecule has 2 aromatic carbocycles. The number of carbonyl (C=O) groups is 3. The number of ether oxygens (including phenoxy) is 1. The van der Waals surface area contributed by atoms with Crippen LogP contribution in [0.3, 0.4) is 0 Å². The molecule has 0 spiro atoms. The Balaban J connectivity index is 1.33. The van der Waals surface area contributed by atoms with Gasteiger partial charge >= 0.3 is 0 Å². The minimum Gasteiger partial charge on any atom is -0.381 e. The van der Waals surface area contributed by atoms with Crippen molar-refractivity contribution in [1.29, 1.82) is 0 Å². The standard InChI is InChI=1S/C25H28N4O4/c30-23-9-8-22(24(31)27-23)29-16-20-19(25(29)32)2-1-3-21(20)26-14-17-4-6-18(7-5-17)15-28-10-12-33-13-11-28/h1-7,22,26H,8-16H2,(H,27,30,31)/t22-/m0/s1/i16D2,22D. The Labute approximate surface area is 197 Å². The number of morpholine rings is 1. The van der Waals surface area contributed by atoms with Crippen molar-refractivity contribution in [2.45, 2.75) is 38.4 Å². The molecule has 0 bridgehead atoms. The number of hydrogen-bond donors (Lipinski definition) is 2. The molecule has 0 unspecified atom stereocenters. The number of benzene rings is 2. The van der Waals surface area contributed by atoms with E-state index in [1.807, 2.05) is 12.1 Å². The SMILES string of the molecule is [2H]C1([2H])c2c(NCc3ccc(CN4CCOCC4)cc3)cccc2C(=O)N1[C@@]1([2H])CCC(=O)NC1=O. The van der Waals surface area contributed by atoms with E-state index in [4.69, 9.17) is 8.85 Å². The Hall–Kier alpha value is -3.23. The Bertz CT molecular complexity index is 1200. The molecule has 2 saturated heterocycles. The summed E-state index contributed by atoms with van der Waals surface area (Å²) in [7, 11) is 0. The highest BCUT2D eigenvalue weighted by atomic mass is 16.5. The highest BCUT2D eigenvalue weighted by Gasteiger charge is 2.39. The van der Waals surface area contributed by atoms with Crippen molar-refractivity contribution in [3.63, 3.8) is 0 Å². The van der Waals surface area contributed by atoms with Crippen molar-refractivity contribution in [3.05, 3.63) is 64.7 Å². The molecule has 3 amide bonds. The zero-order valence-electron chi connectivity index (χ0n) is 21.2. The average Bonchev–Trinajstić information content (AvgIpc) is 3.08. The first-order valence-corrected chi connectivity index (χ1v) is 11.1. The molecule has 0 saturated carbocycles. The zero-order chi connectivity index (χ0) is 25.5. The van der Waals surface area contributed by atoms with Gasteiger partial charge in [0.15, 0.2) is 0 Å². The average molecular weight is 452 g/mol. The number of anilines is 1. The third-order valence-corrected chi connectivity index (χ3v) is 6.11. The molecule has 172 valence electrons. The molecule has 0 aromatic heterocycles. The first-order chi connectivity index (χ1) is 17.2. The third-order valence-electron chi connectivity index (χ3n) is 6.11. The summed E-state index contributed by atoms with van der Waals surface area (Å²) >= 11 is 0. The van der Waals surface area contributed by atoms with Gasteiger partial charge in [-0.25, -0.2) is 0 Å². The maximum atomic E-state index is 13.2. The third kappa shape index (κ3) is 4.62. The summed E-state index contributed by atoms with van der Waals surface area (Å²) in [5, 5.41) is 5.30. The van der Waals surface area contributed by atoms with Crippen molar-refractivity contribution in [1.82, 2.24) is 15.1 Å². The summed E-state index contributed by atoms with van der Waals surface area (Å²) in [6, 6.07) is 10.8. The minimum atomic E-state index is -2.42. The van der Waals surface area contributed by atoms with Gasteiger partial charge < -0.3 is 15.0 Å². The van der Waals surface area contributed by atoms with Crippen LogP contribution in [0.5, 0.6) is 0 Å². The van der Waals surface area contributed by atoms with Crippen LogP contribution in [0.25, 0.3) is 0 Å². The lowest BCUT2D eigenvalue weighted by Crippen LogP contribution is -2.52. The number of rotatable bonds is 6. The summed E-state index contributed by atoms with van der Waals surface area (Å²) in [4.78, 5) is 40.4. The number of nitrogens with one attached hydrogen (secondary N) is 2. The van der Waals surface area contributed by atoms with Gasteiger partial charge in [-0.1, -0.05) is 30.3 Å². The van der Waals surface area contributed by atoms with Gasteiger partial charge in [-0.2, -0.15) is 0 Å². The fourth-order valence-corrected chi connectivity index (χ4v) is 4.27.